The largest absolute Gasteiger partial charge is 0.393 e. The Labute approximate surface area is 120 Å². The lowest BCUT2D eigenvalue weighted by atomic mass is 10.1. The Balaban J connectivity index is 2.23. The van der Waals surface area contributed by atoms with E-state index in [-0.39, 0.29) is 5.78 Å². The quantitative estimate of drug-likeness (QED) is 0.686. The van der Waals surface area contributed by atoms with Crippen molar-refractivity contribution in [1.82, 2.24) is 0 Å². The Hall–Kier alpha value is -0.850. The summed E-state index contributed by atoms with van der Waals surface area (Å²) in [5, 5.41) is 1.00. The van der Waals surface area contributed by atoms with Crippen LogP contribution in [0.3, 0.4) is 0 Å². The number of Topliss-reactive ketones (excluding diaryl/α,β-unsaturated/α-hetero) is 1. The molecule has 0 atom stereocenters. The summed E-state index contributed by atoms with van der Waals surface area (Å²) in [5.74, 6) is 1.50. The average molecular weight is 296 g/mol. The van der Waals surface area contributed by atoms with Crippen LogP contribution in [0.1, 0.15) is 17.3 Å². The Morgan fingerprint density at radius 1 is 1.61 bits per heavy atom. The average Bonchev–Trinajstić information content (AvgIpc) is 2.35. The molecule has 1 heterocycles. The molecular formula is C12H12N2OS3. The van der Waals surface area contributed by atoms with Crippen molar-refractivity contribution in [3.63, 3.8) is 0 Å². The highest BCUT2D eigenvalue weighted by molar-refractivity contribution is 8.17. The molecule has 0 saturated carbocycles. The van der Waals surface area contributed by atoms with Crippen LogP contribution >= 0.6 is 35.7 Å². The van der Waals surface area contributed by atoms with Gasteiger partial charge in [-0.1, -0.05) is 18.3 Å². The number of thiocarbonyl (C=S) groups is 1. The molecule has 0 bridgehead atoms. The number of carbonyl (C=O) groups excluding carboxylic acids is 1. The number of aliphatic imine (C=N–C) groups is 1. The van der Waals surface area contributed by atoms with Crippen LogP contribution in [0.2, 0.25) is 0 Å². The molecule has 2 rings (SSSR count). The van der Waals surface area contributed by atoms with Crippen molar-refractivity contribution >= 4 is 57.2 Å². The molecule has 1 aromatic carbocycles. The Kier molecular flexibility index (Phi) is 4.42. The number of thioether (sulfide) groups is 2. The van der Waals surface area contributed by atoms with Gasteiger partial charge in [-0.15, -0.1) is 23.5 Å². The zero-order chi connectivity index (χ0) is 13.1. The van der Waals surface area contributed by atoms with Crippen LogP contribution in [-0.2, 0) is 0 Å². The van der Waals surface area contributed by atoms with Gasteiger partial charge in [-0.25, -0.2) is 4.99 Å². The lowest BCUT2D eigenvalue weighted by molar-refractivity contribution is 0.101. The molecule has 3 nitrogen and oxygen atoms in total. The van der Waals surface area contributed by atoms with Crippen LogP contribution in [0, 0.1) is 0 Å². The standard InChI is InChI=1S/C12H12N2OS3/c1-7(15)8-2-3-10-9(4-8)14-12(6-17-10)18-5-11(13)16/h2-4H,5-6H2,1H3,(H2,13,16). The van der Waals surface area contributed by atoms with E-state index in [1.807, 2.05) is 18.2 Å². The summed E-state index contributed by atoms with van der Waals surface area (Å²) in [7, 11) is 0. The fourth-order valence-corrected chi connectivity index (χ4v) is 3.40. The SMILES string of the molecule is CC(=O)c1ccc2c(c1)N=C(SCC(N)=S)CS2. The number of benzene rings is 1. The number of hydrogen-bond acceptors (Lipinski definition) is 5. The van der Waals surface area contributed by atoms with Gasteiger partial charge in [0.15, 0.2) is 5.78 Å². The number of carbonyl (C=O) groups is 1. The van der Waals surface area contributed by atoms with Crippen LogP contribution in [0.5, 0.6) is 0 Å². The zero-order valence-electron chi connectivity index (χ0n) is 9.80. The number of hydrogen-bond donors (Lipinski definition) is 1. The van der Waals surface area contributed by atoms with Gasteiger partial charge in [0.2, 0.25) is 0 Å². The summed E-state index contributed by atoms with van der Waals surface area (Å²) in [6, 6.07) is 5.64. The Morgan fingerprint density at radius 2 is 2.39 bits per heavy atom. The molecule has 0 aliphatic carbocycles. The highest BCUT2D eigenvalue weighted by Gasteiger charge is 2.14. The van der Waals surface area contributed by atoms with E-state index in [1.54, 1.807) is 30.4 Å². The topological polar surface area (TPSA) is 55.5 Å². The number of nitrogens with two attached hydrogens (primary N) is 1. The molecule has 0 radical (unpaired) electrons. The molecule has 0 amide bonds. The molecule has 0 saturated heterocycles. The molecule has 1 aromatic rings. The molecule has 1 aliphatic rings. The number of fused-ring (bicyclic) bond motifs is 1. The first kappa shape index (κ1) is 13.6. The molecule has 0 aromatic heterocycles. The molecule has 6 heteroatoms. The minimum absolute atomic E-state index is 0.0564. The monoisotopic (exact) mass is 296 g/mol. The minimum Gasteiger partial charge on any atom is -0.393 e. The van der Waals surface area contributed by atoms with Gasteiger partial charge in [0.1, 0.15) is 0 Å². The van der Waals surface area contributed by atoms with E-state index in [0.717, 1.165) is 21.4 Å². The summed E-state index contributed by atoms with van der Waals surface area (Å²) < 4.78 is 0. The van der Waals surface area contributed by atoms with Crippen LogP contribution in [0.4, 0.5) is 5.69 Å². The van der Waals surface area contributed by atoms with Gasteiger partial charge in [0.25, 0.3) is 0 Å². The maximum atomic E-state index is 11.3. The molecule has 0 unspecified atom stereocenters. The summed E-state index contributed by atoms with van der Waals surface area (Å²) in [6.07, 6.45) is 0. The van der Waals surface area contributed by atoms with Crippen LogP contribution < -0.4 is 5.73 Å². The van der Waals surface area contributed by atoms with Crippen molar-refractivity contribution in [2.24, 2.45) is 10.7 Å². The lowest BCUT2D eigenvalue weighted by Gasteiger charge is -2.15. The molecule has 0 spiro atoms. The van der Waals surface area contributed by atoms with Crippen molar-refractivity contribution in [3.05, 3.63) is 23.8 Å². The second-order valence-corrected chi connectivity index (χ2v) is 6.38. The van der Waals surface area contributed by atoms with E-state index in [4.69, 9.17) is 18.0 Å². The van der Waals surface area contributed by atoms with Gasteiger partial charge in [-0.2, -0.15) is 0 Å². The number of rotatable bonds is 3. The predicted molar refractivity (Wildman–Crippen MR) is 83.5 cm³/mol. The first-order chi connectivity index (χ1) is 8.56. The lowest BCUT2D eigenvalue weighted by Crippen LogP contribution is -2.13. The molecular weight excluding hydrogens is 284 g/mol. The normalized spacial score (nSPS) is 13.7. The van der Waals surface area contributed by atoms with Crippen LogP contribution in [-0.4, -0.2) is 27.3 Å². The van der Waals surface area contributed by atoms with Crippen LogP contribution in [0.15, 0.2) is 28.1 Å². The van der Waals surface area contributed by atoms with E-state index in [0.29, 0.717) is 16.3 Å². The Morgan fingerprint density at radius 3 is 3.06 bits per heavy atom. The zero-order valence-corrected chi connectivity index (χ0v) is 12.3. The molecule has 2 N–H and O–H groups in total. The van der Waals surface area contributed by atoms with Crippen molar-refractivity contribution < 1.29 is 4.79 Å². The van der Waals surface area contributed by atoms with E-state index in [2.05, 4.69) is 4.99 Å². The van der Waals surface area contributed by atoms with E-state index >= 15 is 0 Å². The molecule has 94 valence electrons. The Bertz CT molecular complexity index is 540. The summed E-state index contributed by atoms with van der Waals surface area (Å²) in [5.41, 5.74) is 7.03. The fraction of sp³-hybridized carbons (Fsp3) is 0.250. The van der Waals surface area contributed by atoms with E-state index in [1.165, 1.54) is 0 Å². The first-order valence-electron chi connectivity index (χ1n) is 5.32. The highest BCUT2D eigenvalue weighted by atomic mass is 32.2. The third-order valence-corrected chi connectivity index (χ3v) is 4.95. The molecule has 0 fully saturated rings. The second-order valence-electron chi connectivity index (χ2n) is 3.79. The number of nitrogens with zero attached hydrogens (tertiary/aromatic N) is 1. The third-order valence-electron chi connectivity index (χ3n) is 2.34. The van der Waals surface area contributed by atoms with E-state index < -0.39 is 0 Å². The van der Waals surface area contributed by atoms with E-state index in [9.17, 15) is 4.79 Å². The van der Waals surface area contributed by atoms with Gasteiger partial charge in [0, 0.05) is 22.0 Å². The third kappa shape index (κ3) is 3.34. The fourth-order valence-electron chi connectivity index (χ4n) is 1.48. The predicted octanol–water partition coefficient (Wildman–Crippen LogP) is 3.04. The molecule has 18 heavy (non-hydrogen) atoms. The summed E-state index contributed by atoms with van der Waals surface area (Å²) in [6.45, 7) is 1.56. The van der Waals surface area contributed by atoms with Crippen molar-refractivity contribution in [1.29, 1.82) is 0 Å². The minimum atomic E-state index is 0.0564. The van der Waals surface area contributed by atoms with Gasteiger partial charge < -0.3 is 5.73 Å². The van der Waals surface area contributed by atoms with Crippen molar-refractivity contribution in [2.45, 2.75) is 11.8 Å². The van der Waals surface area contributed by atoms with Crippen molar-refractivity contribution in [2.75, 3.05) is 11.5 Å². The van der Waals surface area contributed by atoms with Crippen LogP contribution in [0.25, 0.3) is 0 Å². The highest BCUT2D eigenvalue weighted by Crippen LogP contribution is 2.36. The summed E-state index contributed by atoms with van der Waals surface area (Å²) in [4.78, 5) is 17.5. The smallest absolute Gasteiger partial charge is 0.159 e. The van der Waals surface area contributed by atoms with Crippen molar-refractivity contribution in [3.8, 4) is 0 Å². The van der Waals surface area contributed by atoms with Gasteiger partial charge in [0.05, 0.1) is 15.7 Å². The van der Waals surface area contributed by atoms with Gasteiger partial charge >= 0.3 is 0 Å². The van der Waals surface area contributed by atoms with Gasteiger partial charge in [-0.05, 0) is 19.1 Å². The maximum absolute atomic E-state index is 11.3. The maximum Gasteiger partial charge on any atom is 0.159 e. The molecule has 1 aliphatic heterocycles. The van der Waals surface area contributed by atoms with Gasteiger partial charge in [-0.3, -0.25) is 4.79 Å². The summed E-state index contributed by atoms with van der Waals surface area (Å²) >= 11 is 8.13. The first-order valence-corrected chi connectivity index (χ1v) is 7.70. The number of ketones is 1. The second kappa shape index (κ2) is 5.86.